The van der Waals surface area contributed by atoms with Crippen LogP contribution >= 0.6 is 15.9 Å². The van der Waals surface area contributed by atoms with Crippen LogP contribution in [0, 0.1) is 10.1 Å². The Morgan fingerprint density at radius 1 is 1.22 bits per heavy atom. The van der Waals surface area contributed by atoms with Crippen molar-refractivity contribution in [2.45, 2.75) is 31.7 Å². The number of fused-ring (bicyclic) bond motifs is 1. The number of carbonyl (C=O) groups excluding carboxylic acids is 1. The van der Waals surface area contributed by atoms with Gasteiger partial charge in [0.2, 0.25) is 0 Å². The summed E-state index contributed by atoms with van der Waals surface area (Å²) in [6.07, 6.45) is 6.35. The molecule has 27 heavy (non-hydrogen) atoms. The lowest BCUT2D eigenvalue weighted by atomic mass is 10.1. The summed E-state index contributed by atoms with van der Waals surface area (Å²) in [6.45, 7) is 0. The Kier molecular flexibility index (Phi) is 4.65. The monoisotopic (exact) mass is 428 g/mol. The first-order valence-corrected chi connectivity index (χ1v) is 9.55. The van der Waals surface area contributed by atoms with Crippen LogP contribution in [-0.4, -0.2) is 20.6 Å². The van der Waals surface area contributed by atoms with E-state index in [-0.39, 0.29) is 11.6 Å². The molecule has 1 saturated carbocycles. The molecule has 3 aromatic rings. The van der Waals surface area contributed by atoms with E-state index in [2.05, 4.69) is 26.3 Å². The second-order valence-electron chi connectivity index (χ2n) is 6.67. The Morgan fingerprint density at radius 3 is 2.59 bits per heavy atom. The maximum Gasteiger partial charge on any atom is 0.269 e. The summed E-state index contributed by atoms with van der Waals surface area (Å²) in [6, 6.07) is 9.91. The highest BCUT2D eigenvalue weighted by Gasteiger charge is 2.22. The molecule has 1 fully saturated rings. The third-order valence-corrected chi connectivity index (χ3v) is 5.39. The first-order valence-electron chi connectivity index (χ1n) is 8.75. The molecule has 0 spiro atoms. The molecular formula is C19H17BrN4O3. The van der Waals surface area contributed by atoms with E-state index in [1.165, 1.54) is 37.1 Å². The first-order chi connectivity index (χ1) is 13.0. The summed E-state index contributed by atoms with van der Waals surface area (Å²) in [4.78, 5) is 23.1. The molecule has 8 heteroatoms. The third-order valence-electron chi connectivity index (χ3n) is 4.93. The van der Waals surface area contributed by atoms with Crippen LogP contribution in [0.3, 0.4) is 0 Å². The largest absolute Gasteiger partial charge is 0.322 e. The lowest BCUT2D eigenvalue weighted by molar-refractivity contribution is -0.384. The number of nitro benzene ring substituents is 1. The van der Waals surface area contributed by atoms with Crippen LogP contribution in [0.15, 0.2) is 47.1 Å². The molecule has 0 radical (unpaired) electrons. The number of nitro groups is 1. The van der Waals surface area contributed by atoms with Gasteiger partial charge in [0.05, 0.1) is 28.2 Å². The van der Waals surface area contributed by atoms with Crippen LogP contribution in [0.4, 0.5) is 11.4 Å². The molecule has 1 aromatic heterocycles. The Hall–Kier alpha value is -2.74. The van der Waals surface area contributed by atoms with Gasteiger partial charge in [-0.15, -0.1) is 0 Å². The summed E-state index contributed by atoms with van der Waals surface area (Å²) in [7, 11) is 0. The van der Waals surface area contributed by atoms with Crippen molar-refractivity contribution < 1.29 is 9.72 Å². The van der Waals surface area contributed by atoms with Crippen molar-refractivity contribution in [3.63, 3.8) is 0 Å². The minimum absolute atomic E-state index is 0.0179. The topological polar surface area (TPSA) is 90.1 Å². The maximum absolute atomic E-state index is 12.8. The van der Waals surface area contributed by atoms with Gasteiger partial charge in [-0.1, -0.05) is 28.8 Å². The fourth-order valence-electron chi connectivity index (χ4n) is 3.60. The van der Waals surface area contributed by atoms with Gasteiger partial charge >= 0.3 is 0 Å². The smallest absolute Gasteiger partial charge is 0.269 e. The fraction of sp³-hybridized carbons (Fsp3) is 0.263. The van der Waals surface area contributed by atoms with Crippen LogP contribution in [0.25, 0.3) is 10.9 Å². The number of nitrogens with zero attached hydrogens (tertiary/aromatic N) is 3. The van der Waals surface area contributed by atoms with E-state index in [9.17, 15) is 14.9 Å². The number of benzene rings is 2. The highest BCUT2D eigenvalue weighted by atomic mass is 79.9. The SMILES string of the molecule is O=C(Nc1ccc([N+](=O)[O-])cc1)c1cc(Br)cc2c1cnn2C1CCCC1. The summed E-state index contributed by atoms with van der Waals surface area (Å²) < 4.78 is 2.83. The average Bonchev–Trinajstić information content (AvgIpc) is 3.30. The molecule has 1 aliphatic rings. The van der Waals surface area contributed by atoms with E-state index in [1.54, 1.807) is 12.3 Å². The van der Waals surface area contributed by atoms with Gasteiger partial charge in [0, 0.05) is 27.7 Å². The van der Waals surface area contributed by atoms with Crippen LogP contribution < -0.4 is 5.32 Å². The Bertz CT molecular complexity index is 1020. The summed E-state index contributed by atoms with van der Waals surface area (Å²) in [5, 5.41) is 18.9. The van der Waals surface area contributed by atoms with Crippen molar-refractivity contribution in [2.75, 3.05) is 5.32 Å². The second-order valence-corrected chi connectivity index (χ2v) is 7.59. The number of rotatable bonds is 4. The average molecular weight is 429 g/mol. The Morgan fingerprint density at radius 2 is 1.93 bits per heavy atom. The number of non-ortho nitro benzene ring substituents is 1. The zero-order chi connectivity index (χ0) is 19.0. The predicted octanol–water partition coefficient (Wildman–Crippen LogP) is 5.07. The highest BCUT2D eigenvalue weighted by Crippen LogP contribution is 2.34. The molecular weight excluding hydrogens is 412 g/mol. The van der Waals surface area contributed by atoms with E-state index < -0.39 is 4.92 Å². The number of nitrogens with one attached hydrogen (secondary N) is 1. The van der Waals surface area contributed by atoms with Gasteiger partial charge < -0.3 is 5.32 Å². The van der Waals surface area contributed by atoms with Gasteiger partial charge in [-0.2, -0.15) is 5.10 Å². The van der Waals surface area contributed by atoms with Gasteiger partial charge in [0.1, 0.15) is 0 Å². The van der Waals surface area contributed by atoms with Crippen molar-refractivity contribution in [2.24, 2.45) is 0 Å². The lowest BCUT2D eigenvalue weighted by Crippen LogP contribution is -2.12. The molecule has 1 aliphatic carbocycles. The van der Waals surface area contributed by atoms with Gasteiger partial charge in [0.25, 0.3) is 11.6 Å². The van der Waals surface area contributed by atoms with Gasteiger partial charge in [-0.3, -0.25) is 19.6 Å². The molecule has 1 heterocycles. The summed E-state index contributed by atoms with van der Waals surface area (Å²) in [5.41, 5.74) is 1.93. The molecule has 2 aromatic carbocycles. The molecule has 0 bridgehead atoms. The molecule has 4 rings (SSSR count). The maximum atomic E-state index is 12.8. The van der Waals surface area contributed by atoms with Crippen LogP contribution in [0.5, 0.6) is 0 Å². The number of carbonyl (C=O) groups is 1. The quantitative estimate of drug-likeness (QED) is 0.463. The van der Waals surface area contributed by atoms with Gasteiger partial charge in [-0.05, 0) is 37.1 Å². The van der Waals surface area contributed by atoms with E-state index in [1.807, 2.05) is 10.7 Å². The first kappa shape index (κ1) is 17.7. The van der Waals surface area contributed by atoms with E-state index in [0.29, 0.717) is 17.3 Å². The summed E-state index contributed by atoms with van der Waals surface area (Å²) in [5.74, 6) is -0.277. The molecule has 1 N–H and O–H groups in total. The normalized spacial score (nSPS) is 14.6. The fourth-order valence-corrected chi connectivity index (χ4v) is 4.05. The lowest BCUT2D eigenvalue weighted by Gasteiger charge is -2.12. The van der Waals surface area contributed by atoms with Crippen molar-refractivity contribution >= 4 is 44.1 Å². The molecule has 0 unspecified atom stereocenters. The molecule has 0 aliphatic heterocycles. The number of halogens is 1. The minimum atomic E-state index is -0.471. The Balaban J connectivity index is 1.66. The van der Waals surface area contributed by atoms with Crippen LogP contribution in [0.2, 0.25) is 0 Å². The summed E-state index contributed by atoms with van der Waals surface area (Å²) >= 11 is 3.49. The molecule has 0 atom stereocenters. The predicted molar refractivity (Wildman–Crippen MR) is 106 cm³/mol. The highest BCUT2D eigenvalue weighted by molar-refractivity contribution is 9.10. The Labute approximate surface area is 163 Å². The number of amides is 1. The van der Waals surface area contributed by atoms with E-state index in [4.69, 9.17) is 0 Å². The van der Waals surface area contributed by atoms with Gasteiger partial charge in [-0.25, -0.2) is 0 Å². The number of hydrogen-bond donors (Lipinski definition) is 1. The third kappa shape index (κ3) is 3.44. The number of hydrogen-bond acceptors (Lipinski definition) is 4. The number of aromatic nitrogens is 2. The van der Waals surface area contributed by atoms with Crippen molar-refractivity contribution in [1.29, 1.82) is 0 Å². The van der Waals surface area contributed by atoms with Crippen molar-refractivity contribution in [3.05, 3.63) is 62.7 Å². The molecule has 0 saturated heterocycles. The standard InChI is InChI=1S/C19H17BrN4O3/c20-12-9-16(19(25)22-13-5-7-15(8-6-13)24(26)27)17-11-21-23(18(17)10-12)14-3-1-2-4-14/h5-11,14H,1-4H2,(H,22,25). The van der Waals surface area contributed by atoms with Crippen molar-refractivity contribution in [3.8, 4) is 0 Å². The van der Waals surface area contributed by atoms with Crippen molar-refractivity contribution in [1.82, 2.24) is 9.78 Å². The van der Waals surface area contributed by atoms with E-state index in [0.717, 1.165) is 28.2 Å². The molecule has 138 valence electrons. The second kappa shape index (κ2) is 7.11. The number of anilines is 1. The zero-order valence-electron chi connectivity index (χ0n) is 14.4. The van der Waals surface area contributed by atoms with E-state index >= 15 is 0 Å². The van der Waals surface area contributed by atoms with Crippen LogP contribution in [-0.2, 0) is 0 Å². The molecule has 7 nitrogen and oxygen atoms in total. The zero-order valence-corrected chi connectivity index (χ0v) is 16.0. The van der Waals surface area contributed by atoms with Crippen LogP contribution in [0.1, 0.15) is 42.1 Å². The van der Waals surface area contributed by atoms with Gasteiger partial charge in [0.15, 0.2) is 0 Å². The minimum Gasteiger partial charge on any atom is -0.322 e. The molecule has 1 amide bonds.